The van der Waals surface area contributed by atoms with Crippen molar-refractivity contribution in [1.82, 2.24) is 4.90 Å². The highest BCUT2D eigenvalue weighted by Crippen LogP contribution is 2.18. The quantitative estimate of drug-likeness (QED) is 0.806. The second-order valence-corrected chi connectivity index (χ2v) is 4.90. The van der Waals surface area contributed by atoms with Crippen LogP contribution in [0.3, 0.4) is 0 Å². The molecule has 0 bridgehead atoms. The number of hydrogen-bond donors (Lipinski definition) is 1. The molecule has 2 nitrogen and oxygen atoms in total. The highest BCUT2D eigenvalue weighted by molar-refractivity contribution is 5.20. The Morgan fingerprint density at radius 1 is 1.22 bits per heavy atom. The molecule has 0 fully saturated rings. The van der Waals surface area contributed by atoms with Gasteiger partial charge in [-0.1, -0.05) is 45.4 Å². The molecule has 0 aromatic heterocycles. The summed E-state index contributed by atoms with van der Waals surface area (Å²) in [7, 11) is 0. The molecule has 0 heterocycles. The maximum absolute atomic E-state index is 13.5. The molecule has 18 heavy (non-hydrogen) atoms. The third-order valence-electron chi connectivity index (χ3n) is 3.41. The number of rotatable bonds is 7. The van der Waals surface area contributed by atoms with Gasteiger partial charge in [0, 0.05) is 18.7 Å². The minimum Gasteiger partial charge on any atom is -0.387 e. The van der Waals surface area contributed by atoms with Crippen LogP contribution in [-0.2, 0) is 0 Å². The Kier molecular flexibility index (Phi) is 6.30. The molecule has 1 aromatic rings. The highest BCUT2D eigenvalue weighted by Gasteiger charge is 2.16. The molecule has 0 aliphatic rings. The van der Waals surface area contributed by atoms with Crippen LogP contribution < -0.4 is 0 Å². The van der Waals surface area contributed by atoms with Crippen molar-refractivity contribution in [3.05, 3.63) is 35.6 Å². The highest BCUT2D eigenvalue weighted by atomic mass is 19.1. The van der Waals surface area contributed by atoms with Crippen LogP contribution in [-0.4, -0.2) is 29.6 Å². The molecular weight excluding hydrogens is 229 g/mol. The molecule has 0 aliphatic carbocycles. The average molecular weight is 253 g/mol. The molecule has 0 radical (unpaired) electrons. The number of likely N-dealkylation sites (N-methyl/N-ethyl adjacent to an activating group) is 1. The monoisotopic (exact) mass is 253 g/mol. The van der Waals surface area contributed by atoms with Gasteiger partial charge >= 0.3 is 0 Å². The lowest BCUT2D eigenvalue weighted by Crippen LogP contribution is -2.32. The molecule has 1 N–H and O–H groups in total. The van der Waals surface area contributed by atoms with Gasteiger partial charge in [0.05, 0.1) is 6.10 Å². The van der Waals surface area contributed by atoms with Gasteiger partial charge in [0.15, 0.2) is 0 Å². The van der Waals surface area contributed by atoms with Crippen LogP contribution >= 0.6 is 0 Å². The van der Waals surface area contributed by atoms with Gasteiger partial charge in [-0.3, -0.25) is 0 Å². The zero-order valence-electron chi connectivity index (χ0n) is 11.6. The van der Waals surface area contributed by atoms with E-state index in [9.17, 15) is 9.50 Å². The van der Waals surface area contributed by atoms with Gasteiger partial charge in [-0.05, 0) is 18.5 Å². The van der Waals surface area contributed by atoms with Gasteiger partial charge in [0.2, 0.25) is 0 Å². The zero-order valence-corrected chi connectivity index (χ0v) is 11.6. The predicted molar refractivity (Wildman–Crippen MR) is 72.9 cm³/mol. The van der Waals surface area contributed by atoms with Gasteiger partial charge < -0.3 is 10.0 Å². The molecule has 2 atom stereocenters. The summed E-state index contributed by atoms with van der Waals surface area (Å²) in [6.45, 7) is 8.72. The van der Waals surface area contributed by atoms with E-state index in [-0.39, 0.29) is 5.82 Å². The molecule has 0 aliphatic heterocycles. The van der Waals surface area contributed by atoms with Crippen LogP contribution in [0, 0.1) is 11.7 Å². The number of benzene rings is 1. The summed E-state index contributed by atoms with van der Waals surface area (Å²) < 4.78 is 13.5. The number of nitrogens with zero attached hydrogens (tertiary/aromatic N) is 1. The number of aliphatic hydroxyl groups is 1. The smallest absolute Gasteiger partial charge is 0.129 e. The van der Waals surface area contributed by atoms with Crippen molar-refractivity contribution >= 4 is 0 Å². The Bertz CT molecular complexity index is 356. The Morgan fingerprint density at radius 2 is 1.89 bits per heavy atom. The topological polar surface area (TPSA) is 23.5 Å². The molecule has 0 amide bonds. The molecule has 1 rings (SSSR count). The van der Waals surface area contributed by atoms with E-state index in [4.69, 9.17) is 0 Å². The first kappa shape index (κ1) is 15.1. The third kappa shape index (κ3) is 4.39. The Hall–Kier alpha value is -0.930. The summed E-state index contributed by atoms with van der Waals surface area (Å²) in [6.07, 6.45) is 0.363. The third-order valence-corrected chi connectivity index (χ3v) is 3.41. The van der Waals surface area contributed by atoms with Crippen molar-refractivity contribution < 1.29 is 9.50 Å². The molecule has 0 saturated carbocycles. The van der Waals surface area contributed by atoms with Gasteiger partial charge in [-0.15, -0.1) is 0 Å². The molecule has 2 unspecified atom stereocenters. The minimum atomic E-state index is -0.754. The Labute approximate surface area is 109 Å². The van der Waals surface area contributed by atoms with E-state index >= 15 is 0 Å². The van der Waals surface area contributed by atoms with Gasteiger partial charge in [-0.25, -0.2) is 4.39 Å². The molecule has 102 valence electrons. The van der Waals surface area contributed by atoms with Crippen LogP contribution in [0.5, 0.6) is 0 Å². The van der Waals surface area contributed by atoms with Crippen molar-refractivity contribution in [3.8, 4) is 0 Å². The first-order valence-electron chi connectivity index (χ1n) is 6.73. The number of halogens is 1. The maximum atomic E-state index is 13.5. The fraction of sp³-hybridized carbons (Fsp3) is 0.600. The fourth-order valence-corrected chi connectivity index (χ4v) is 1.99. The van der Waals surface area contributed by atoms with Crippen molar-refractivity contribution in [2.75, 3.05) is 19.6 Å². The van der Waals surface area contributed by atoms with E-state index in [0.29, 0.717) is 18.0 Å². The zero-order chi connectivity index (χ0) is 13.5. The first-order chi connectivity index (χ1) is 8.58. The van der Waals surface area contributed by atoms with E-state index in [2.05, 4.69) is 25.7 Å². The van der Waals surface area contributed by atoms with Crippen molar-refractivity contribution in [2.24, 2.45) is 5.92 Å². The van der Waals surface area contributed by atoms with Gasteiger partial charge in [0.25, 0.3) is 0 Å². The van der Waals surface area contributed by atoms with E-state index in [1.165, 1.54) is 6.07 Å². The molecular formula is C15H24FNO. The summed E-state index contributed by atoms with van der Waals surface area (Å²) in [5.41, 5.74) is 0.389. The van der Waals surface area contributed by atoms with E-state index in [1.54, 1.807) is 18.2 Å². The Morgan fingerprint density at radius 3 is 2.44 bits per heavy atom. The SMILES string of the molecule is CCC(C)CN(CC)CC(O)c1ccccc1F. The van der Waals surface area contributed by atoms with Gasteiger partial charge in [0.1, 0.15) is 5.82 Å². The van der Waals surface area contributed by atoms with E-state index < -0.39 is 6.10 Å². The van der Waals surface area contributed by atoms with Crippen molar-refractivity contribution in [1.29, 1.82) is 0 Å². The summed E-state index contributed by atoms with van der Waals surface area (Å²) >= 11 is 0. The maximum Gasteiger partial charge on any atom is 0.129 e. The van der Waals surface area contributed by atoms with Crippen molar-refractivity contribution in [3.63, 3.8) is 0 Å². The summed E-state index contributed by atoms with van der Waals surface area (Å²) in [5.74, 6) is 0.266. The average Bonchev–Trinajstić information content (AvgIpc) is 2.38. The lowest BCUT2D eigenvalue weighted by atomic mass is 10.1. The second-order valence-electron chi connectivity index (χ2n) is 4.90. The minimum absolute atomic E-state index is 0.329. The molecule has 1 aromatic carbocycles. The standard InChI is InChI=1S/C15H24FNO/c1-4-12(3)10-17(5-2)11-15(18)13-8-6-7-9-14(13)16/h6-9,12,15,18H,4-5,10-11H2,1-3H3. The lowest BCUT2D eigenvalue weighted by molar-refractivity contribution is 0.104. The van der Waals surface area contributed by atoms with Crippen LogP contribution in [0.1, 0.15) is 38.9 Å². The molecule has 0 spiro atoms. The van der Waals surface area contributed by atoms with E-state index in [1.807, 2.05) is 0 Å². The van der Waals surface area contributed by atoms with E-state index in [0.717, 1.165) is 19.5 Å². The summed E-state index contributed by atoms with van der Waals surface area (Å²) in [6, 6.07) is 6.44. The van der Waals surface area contributed by atoms with Crippen LogP contribution in [0.2, 0.25) is 0 Å². The fourth-order valence-electron chi connectivity index (χ4n) is 1.99. The number of hydrogen-bond acceptors (Lipinski definition) is 2. The number of aliphatic hydroxyl groups excluding tert-OH is 1. The second kappa shape index (κ2) is 7.49. The summed E-state index contributed by atoms with van der Waals surface area (Å²) in [5, 5.41) is 10.1. The van der Waals surface area contributed by atoms with Crippen molar-refractivity contribution in [2.45, 2.75) is 33.3 Å². The van der Waals surface area contributed by atoms with Gasteiger partial charge in [-0.2, -0.15) is 0 Å². The summed E-state index contributed by atoms with van der Waals surface area (Å²) in [4.78, 5) is 2.17. The first-order valence-corrected chi connectivity index (χ1v) is 6.73. The van der Waals surface area contributed by atoms with Crippen LogP contribution in [0.4, 0.5) is 4.39 Å². The molecule has 3 heteroatoms. The van der Waals surface area contributed by atoms with Crippen LogP contribution in [0.15, 0.2) is 24.3 Å². The lowest BCUT2D eigenvalue weighted by Gasteiger charge is -2.26. The predicted octanol–water partition coefficient (Wildman–Crippen LogP) is 3.23. The van der Waals surface area contributed by atoms with Crippen LogP contribution in [0.25, 0.3) is 0 Å². The largest absolute Gasteiger partial charge is 0.387 e. The normalized spacial score (nSPS) is 14.8. The Balaban J connectivity index is 2.62. The molecule has 0 saturated heterocycles.